The van der Waals surface area contributed by atoms with Crippen LogP contribution in [0.3, 0.4) is 0 Å². The van der Waals surface area contributed by atoms with Gasteiger partial charge >= 0.3 is 5.97 Å². The van der Waals surface area contributed by atoms with E-state index in [0.29, 0.717) is 23.5 Å². The van der Waals surface area contributed by atoms with Crippen LogP contribution in [-0.2, 0) is 11.2 Å². The highest BCUT2D eigenvalue weighted by molar-refractivity contribution is 5.67. The molecule has 0 bridgehead atoms. The molecule has 0 aliphatic heterocycles. The predicted octanol–water partition coefficient (Wildman–Crippen LogP) is 2.55. The minimum Gasteiger partial charge on any atom is -0.493 e. The Hall–Kier alpha value is -1.58. The van der Waals surface area contributed by atoms with Crippen molar-refractivity contribution in [3.05, 3.63) is 29.1 Å². The maximum atomic E-state index is 13.2. The van der Waals surface area contributed by atoms with Crippen molar-refractivity contribution in [3.8, 4) is 5.75 Å². The lowest BCUT2D eigenvalue weighted by Gasteiger charge is -2.12. The van der Waals surface area contributed by atoms with Gasteiger partial charge in [-0.2, -0.15) is 0 Å². The Morgan fingerprint density at radius 1 is 1.50 bits per heavy atom. The molecule has 0 fully saturated rings. The average Bonchev–Trinajstić information content (AvgIpc) is 2.19. The van der Waals surface area contributed by atoms with Crippen LogP contribution in [0.5, 0.6) is 5.75 Å². The highest BCUT2D eigenvalue weighted by Crippen LogP contribution is 2.26. The van der Waals surface area contributed by atoms with Crippen molar-refractivity contribution in [1.29, 1.82) is 0 Å². The van der Waals surface area contributed by atoms with Crippen molar-refractivity contribution in [2.24, 2.45) is 0 Å². The molecule has 1 rings (SSSR count). The number of halogens is 1. The van der Waals surface area contributed by atoms with Gasteiger partial charge in [0.1, 0.15) is 11.6 Å². The number of ether oxygens (including phenoxy) is 1. The zero-order valence-electron chi connectivity index (χ0n) is 9.42. The number of rotatable bonds is 5. The first kappa shape index (κ1) is 12.5. The molecule has 0 spiro atoms. The largest absolute Gasteiger partial charge is 0.493 e. The van der Waals surface area contributed by atoms with E-state index in [9.17, 15) is 9.18 Å². The quantitative estimate of drug-likeness (QED) is 0.839. The van der Waals surface area contributed by atoms with Gasteiger partial charge < -0.3 is 9.84 Å². The molecule has 0 aliphatic rings. The van der Waals surface area contributed by atoms with Gasteiger partial charge in [-0.1, -0.05) is 0 Å². The van der Waals surface area contributed by atoms with Crippen LogP contribution in [0, 0.1) is 12.7 Å². The van der Waals surface area contributed by atoms with Gasteiger partial charge in [-0.05, 0) is 43.5 Å². The number of aliphatic carboxylic acids is 1. The summed E-state index contributed by atoms with van der Waals surface area (Å²) >= 11 is 0. The van der Waals surface area contributed by atoms with Gasteiger partial charge in [-0.3, -0.25) is 4.79 Å². The summed E-state index contributed by atoms with van der Waals surface area (Å²) in [7, 11) is 0. The van der Waals surface area contributed by atoms with Crippen molar-refractivity contribution in [3.63, 3.8) is 0 Å². The Morgan fingerprint density at radius 3 is 2.75 bits per heavy atom. The molecule has 0 atom stereocenters. The molecule has 0 unspecified atom stereocenters. The summed E-state index contributed by atoms with van der Waals surface area (Å²) in [6.45, 7) is 4.06. The van der Waals surface area contributed by atoms with Crippen LogP contribution in [0.4, 0.5) is 4.39 Å². The minimum atomic E-state index is -0.899. The summed E-state index contributed by atoms with van der Waals surface area (Å²) in [5.41, 5.74) is 1.31. The molecule has 0 radical (unpaired) electrons. The van der Waals surface area contributed by atoms with Gasteiger partial charge in [-0.25, -0.2) is 4.39 Å². The lowest BCUT2D eigenvalue weighted by atomic mass is 10.0. The minimum absolute atomic E-state index is 0.0248. The summed E-state index contributed by atoms with van der Waals surface area (Å²) in [5.74, 6) is -0.657. The van der Waals surface area contributed by atoms with Crippen molar-refractivity contribution < 1.29 is 19.0 Å². The number of benzene rings is 1. The topological polar surface area (TPSA) is 46.5 Å². The molecule has 0 aromatic heterocycles. The number of carboxylic acids is 1. The molecule has 1 N–H and O–H groups in total. The first-order chi connectivity index (χ1) is 7.54. The number of carboxylic acid groups (broad SMARTS) is 1. The van der Waals surface area contributed by atoms with E-state index in [1.807, 2.05) is 6.92 Å². The Balaban J connectivity index is 2.98. The van der Waals surface area contributed by atoms with Gasteiger partial charge in [-0.15, -0.1) is 0 Å². The number of carbonyl (C=O) groups is 1. The zero-order valence-corrected chi connectivity index (χ0v) is 9.42. The summed E-state index contributed by atoms with van der Waals surface area (Å²) in [6.07, 6.45) is 0.256. The summed E-state index contributed by atoms with van der Waals surface area (Å²) in [6, 6.07) is 2.72. The molecule has 16 heavy (non-hydrogen) atoms. The van der Waals surface area contributed by atoms with Crippen LogP contribution >= 0.6 is 0 Å². The summed E-state index contributed by atoms with van der Waals surface area (Å²) < 4.78 is 18.6. The van der Waals surface area contributed by atoms with E-state index in [0.717, 1.165) is 0 Å². The molecule has 0 saturated carbocycles. The van der Waals surface area contributed by atoms with E-state index in [2.05, 4.69) is 0 Å². The predicted molar refractivity (Wildman–Crippen MR) is 58.3 cm³/mol. The highest BCUT2D eigenvalue weighted by atomic mass is 19.1. The number of aryl methyl sites for hydroxylation is 2. The van der Waals surface area contributed by atoms with Crippen molar-refractivity contribution in [1.82, 2.24) is 0 Å². The van der Waals surface area contributed by atoms with E-state index < -0.39 is 5.97 Å². The van der Waals surface area contributed by atoms with Crippen LogP contribution in [0.1, 0.15) is 24.5 Å². The van der Waals surface area contributed by atoms with Crippen molar-refractivity contribution in [2.75, 3.05) is 6.61 Å². The molecule has 0 amide bonds. The maximum absolute atomic E-state index is 13.2. The van der Waals surface area contributed by atoms with E-state index in [1.165, 1.54) is 12.1 Å². The Morgan fingerprint density at radius 2 is 2.19 bits per heavy atom. The summed E-state index contributed by atoms with van der Waals surface area (Å²) in [4.78, 5) is 10.5. The van der Waals surface area contributed by atoms with Gasteiger partial charge in [0.15, 0.2) is 0 Å². The third-order valence-electron chi connectivity index (χ3n) is 2.21. The first-order valence-electron chi connectivity index (χ1n) is 5.18. The fraction of sp³-hybridized carbons (Fsp3) is 0.417. The monoisotopic (exact) mass is 226 g/mol. The molecule has 0 aliphatic carbocycles. The average molecular weight is 226 g/mol. The fourth-order valence-electron chi connectivity index (χ4n) is 1.58. The molecular weight excluding hydrogens is 211 g/mol. The van der Waals surface area contributed by atoms with Crippen LogP contribution in [0.25, 0.3) is 0 Å². The SMILES string of the molecule is CCOc1c(C)cc(F)cc1CCC(=O)O. The molecule has 3 nitrogen and oxygen atoms in total. The van der Waals surface area contributed by atoms with Gasteiger partial charge in [0.25, 0.3) is 0 Å². The van der Waals surface area contributed by atoms with Crippen LogP contribution in [-0.4, -0.2) is 17.7 Å². The third-order valence-corrected chi connectivity index (χ3v) is 2.21. The molecule has 88 valence electrons. The lowest BCUT2D eigenvalue weighted by Crippen LogP contribution is -2.03. The molecule has 1 aromatic carbocycles. The van der Waals surface area contributed by atoms with Crippen LogP contribution in [0.2, 0.25) is 0 Å². The standard InChI is InChI=1S/C12H15FO3/c1-3-16-12-8(2)6-10(13)7-9(12)4-5-11(14)15/h6-7H,3-5H2,1-2H3,(H,14,15). The lowest BCUT2D eigenvalue weighted by molar-refractivity contribution is -0.136. The Kier molecular flexibility index (Phi) is 4.28. The number of hydrogen-bond acceptors (Lipinski definition) is 2. The van der Waals surface area contributed by atoms with E-state index >= 15 is 0 Å². The zero-order chi connectivity index (χ0) is 12.1. The number of hydrogen-bond donors (Lipinski definition) is 1. The van der Waals surface area contributed by atoms with Crippen molar-refractivity contribution in [2.45, 2.75) is 26.7 Å². The second-order valence-corrected chi connectivity index (χ2v) is 3.54. The van der Waals surface area contributed by atoms with Gasteiger partial charge in [0.2, 0.25) is 0 Å². The summed E-state index contributed by atoms with van der Waals surface area (Å²) in [5, 5.41) is 8.60. The molecule has 1 aromatic rings. The molecular formula is C12H15FO3. The first-order valence-corrected chi connectivity index (χ1v) is 5.18. The van der Waals surface area contributed by atoms with Crippen LogP contribution < -0.4 is 4.74 Å². The normalized spacial score (nSPS) is 10.2. The fourth-order valence-corrected chi connectivity index (χ4v) is 1.58. The smallest absolute Gasteiger partial charge is 0.303 e. The van der Waals surface area contributed by atoms with E-state index in [1.54, 1.807) is 6.92 Å². The van der Waals surface area contributed by atoms with Gasteiger partial charge in [0.05, 0.1) is 6.61 Å². The second-order valence-electron chi connectivity index (χ2n) is 3.54. The highest BCUT2D eigenvalue weighted by Gasteiger charge is 2.10. The Labute approximate surface area is 93.9 Å². The Bertz CT molecular complexity index is 388. The van der Waals surface area contributed by atoms with Crippen LogP contribution in [0.15, 0.2) is 12.1 Å². The third kappa shape index (κ3) is 3.22. The van der Waals surface area contributed by atoms with E-state index in [-0.39, 0.29) is 18.7 Å². The molecule has 4 heteroatoms. The molecule has 0 saturated heterocycles. The van der Waals surface area contributed by atoms with Crippen molar-refractivity contribution >= 4 is 5.97 Å². The maximum Gasteiger partial charge on any atom is 0.303 e. The van der Waals surface area contributed by atoms with Gasteiger partial charge in [0, 0.05) is 6.42 Å². The molecule has 0 heterocycles. The second kappa shape index (κ2) is 5.49. The van der Waals surface area contributed by atoms with E-state index in [4.69, 9.17) is 9.84 Å².